The largest absolute Gasteiger partial charge is 0.411 e. The first-order valence-corrected chi connectivity index (χ1v) is 7.30. The summed E-state index contributed by atoms with van der Waals surface area (Å²) in [6, 6.07) is 0. The number of piperazine rings is 1. The van der Waals surface area contributed by atoms with Gasteiger partial charge in [0.1, 0.15) is 6.61 Å². The van der Waals surface area contributed by atoms with Crippen molar-refractivity contribution >= 4 is 0 Å². The normalized spacial score (nSPS) is 18.6. The molecule has 7 heteroatoms. The first-order valence-electron chi connectivity index (χ1n) is 7.30. The highest BCUT2D eigenvalue weighted by Gasteiger charge is 2.27. The molecule has 1 saturated heterocycles. The van der Waals surface area contributed by atoms with Crippen LogP contribution in [0.5, 0.6) is 0 Å². The quantitative estimate of drug-likeness (QED) is 0.652. The molecule has 1 fully saturated rings. The van der Waals surface area contributed by atoms with E-state index in [0.717, 1.165) is 58.7 Å². The number of alkyl halides is 3. The van der Waals surface area contributed by atoms with Crippen LogP contribution in [-0.4, -0.2) is 75.0 Å². The Labute approximate surface area is 119 Å². The van der Waals surface area contributed by atoms with Crippen LogP contribution in [0.4, 0.5) is 13.2 Å². The second kappa shape index (κ2) is 9.55. The van der Waals surface area contributed by atoms with E-state index in [1.165, 1.54) is 0 Å². The van der Waals surface area contributed by atoms with Gasteiger partial charge in [0.15, 0.2) is 0 Å². The van der Waals surface area contributed by atoms with Gasteiger partial charge in [-0.1, -0.05) is 0 Å². The van der Waals surface area contributed by atoms with Crippen LogP contribution in [0.2, 0.25) is 0 Å². The summed E-state index contributed by atoms with van der Waals surface area (Å²) in [4.78, 5) is 4.71. The van der Waals surface area contributed by atoms with Crippen LogP contribution >= 0.6 is 0 Å². The molecule has 0 amide bonds. The van der Waals surface area contributed by atoms with Gasteiger partial charge in [-0.05, 0) is 32.4 Å². The van der Waals surface area contributed by atoms with Crippen molar-refractivity contribution in [3.63, 3.8) is 0 Å². The zero-order valence-corrected chi connectivity index (χ0v) is 12.0. The Morgan fingerprint density at radius 3 is 1.95 bits per heavy atom. The predicted molar refractivity (Wildman–Crippen MR) is 72.7 cm³/mol. The second-order valence-electron chi connectivity index (χ2n) is 5.20. The van der Waals surface area contributed by atoms with Crippen molar-refractivity contribution in [1.82, 2.24) is 9.80 Å². The number of hydrogen-bond acceptors (Lipinski definition) is 4. The maximum absolute atomic E-state index is 11.9. The topological polar surface area (TPSA) is 41.7 Å². The molecule has 0 aliphatic carbocycles. The molecule has 4 nitrogen and oxygen atoms in total. The summed E-state index contributed by atoms with van der Waals surface area (Å²) in [5.41, 5.74) is 5.46. The third-order valence-corrected chi connectivity index (χ3v) is 3.42. The summed E-state index contributed by atoms with van der Waals surface area (Å²) in [7, 11) is 0. The summed E-state index contributed by atoms with van der Waals surface area (Å²) in [6.45, 7) is 5.75. The third-order valence-electron chi connectivity index (χ3n) is 3.42. The molecule has 0 unspecified atom stereocenters. The predicted octanol–water partition coefficient (Wildman–Crippen LogP) is 1.31. The fourth-order valence-electron chi connectivity index (χ4n) is 2.29. The Morgan fingerprint density at radius 2 is 1.45 bits per heavy atom. The average Bonchev–Trinajstić information content (AvgIpc) is 2.39. The maximum Gasteiger partial charge on any atom is 0.411 e. The molecule has 1 aliphatic heterocycles. The Balaban J connectivity index is 1.97. The standard InChI is InChI=1S/C13H26F3N3O/c14-13(15,16)12-20-11-3-6-19-9-7-18(8-10-19)5-2-1-4-17/h1-12,17H2. The summed E-state index contributed by atoms with van der Waals surface area (Å²) >= 11 is 0. The summed E-state index contributed by atoms with van der Waals surface area (Å²) in [6.07, 6.45) is -1.35. The van der Waals surface area contributed by atoms with Crippen LogP contribution in [0, 0.1) is 0 Å². The van der Waals surface area contributed by atoms with E-state index in [1.807, 2.05) is 0 Å². The van der Waals surface area contributed by atoms with Crippen molar-refractivity contribution in [1.29, 1.82) is 0 Å². The van der Waals surface area contributed by atoms with Crippen molar-refractivity contribution in [2.45, 2.75) is 25.4 Å². The molecule has 20 heavy (non-hydrogen) atoms. The second-order valence-corrected chi connectivity index (χ2v) is 5.20. The Morgan fingerprint density at radius 1 is 0.900 bits per heavy atom. The first-order chi connectivity index (χ1) is 9.51. The Kier molecular flexibility index (Phi) is 8.44. The van der Waals surface area contributed by atoms with Crippen LogP contribution in [0.3, 0.4) is 0 Å². The molecule has 0 aromatic rings. The third kappa shape index (κ3) is 8.73. The van der Waals surface area contributed by atoms with Gasteiger partial charge in [-0.25, -0.2) is 0 Å². The number of rotatable bonds is 9. The molecule has 2 N–H and O–H groups in total. The number of nitrogens with two attached hydrogens (primary N) is 1. The number of ether oxygens (including phenoxy) is 1. The van der Waals surface area contributed by atoms with Crippen molar-refractivity contribution in [2.75, 3.05) is 59.0 Å². The minimum absolute atomic E-state index is 0.177. The molecule has 0 saturated carbocycles. The molecule has 0 radical (unpaired) electrons. The molecule has 0 spiro atoms. The lowest BCUT2D eigenvalue weighted by Crippen LogP contribution is -2.46. The monoisotopic (exact) mass is 297 g/mol. The van der Waals surface area contributed by atoms with Gasteiger partial charge >= 0.3 is 6.18 Å². The van der Waals surface area contributed by atoms with Crippen molar-refractivity contribution < 1.29 is 17.9 Å². The van der Waals surface area contributed by atoms with Gasteiger partial charge in [0.25, 0.3) is 0 Å². The van der Waals surface area contributed by atoms with Crippen molar-refractivity contribution in [3.05, 3.63) is 0 Å². The molecular formula is C13H26F3N3O. The minimum Gasteiger partial charge on any atom is -0.372 e. The Hall–Kier alpha value is -0.370. The van der Waals surface area contributed by atoms with E-state index in [1.54, 1.807) is 0 Å². The molecule has 120 valence electrons. The van der Waals surface area contributed by atoms with E-state index in [-0.39, 0.29) is 6.61 Å². The number of nitrogens with zero attached hydrogens (tertiary/aromatic N) is 2. The molecule has 1 aliphatic rings. The lowest BCUT2D eigenvalue weighted by atomic mass is 10.2. The van der Waals surface area contributed by atoms with E-state index in [2.05, 4.69) is 14.5 Å². The van der Waals surface area contributed by atoms with Crippen LogP contribution in [-0.2, 0) is 4.74 Å². The lowest BCUT2D eigenvalue weighted by Gasteiger charge is -2.34. The molecule has 0 aromatic heterocycles. The lowest BCUT2D eigenvalue weighted by molar-refractivity contribution is -0.174. The van der Waals surface area contributed by atoms with E-state index >= 15 is 0 Å². The van der Waals surface area contributed by atoms with Gasteiger partial charge in [-0.15, -0.1) is 0 Å². The number of halogens is 3. The van der Waals surface area contributed by atoms with Crippen LogP contribution < -0.4 is 5.73 Å². The first kappa shape index (κ1) is 17.7. The van der Waals surface area contributed by atoms with Gasteiger partial charge in [-0.3, -0.25) is 0 Å². The zero-order valence-electron chi connectivity index (χ0n) is 12.0. The van der Waals surface area contributed by atoms with E-state index in [9.17, 15) is 13.2 Å². The van der Waals surface area contributed by atoms with E-state index < -0.39 is 12.8 Å². The van der Waals surface area contributed by atoms with Crippen molar-refractivity contribution in [2.24, 2.45) is 5.73 Å². The van der Waals surface area contributed by atoms with Gasteiger partial charge in [0, 0.05) is 39.3 Å². The Bertz CT molecular complexity index is 244. The van der Waals surface area contributed by atoms with Crippen LogP contribution in [0.15, 0.2) is 0 Å². The maximum atomic E-state index is 11.9. The smallest absolute Gasteiger partial charge is 0.372 e. The van der Waals surface area contributed by atoms with E-state index in [0.29, 0.717) is 6.42 Å². The SMILES string of the molecule is NCCCCN1CCN(CCCOCC(F)(F)F)CC1. The molecular weight excluding hydrogens is 271 g/mol. The van der Waals surface area contributed by atoms with Gasteiger partial charge in [0.2, 0.25) is 0 Å². The summed E-state index contributed by atoms with van der Waals surface area (Å²) in [5, 5.41) is 0. The molecule has 0 bridgehead atoms. The van der Waals surface area contributed by atoms with Gasteiger partial charge in [-0.2, -0.15) is 13.2 Å². The number of unbranched alkanes of at least 4 members (excludes halogenated alkanes) is 1. The fourth-order valence-corrected chi connectivity index (χ4v) is 2.29. The highest BCUT2D eigenvalue weighted by molar-refractivity contribution is 4.71. The highest BCUT2D eigenvalue weighted by Crippen LogP contribution is 2.14. The van der Waals surface area contributed by atoms with Crippen LogP contribution in [0.1, 0.15) is 19.3 Å². The molecule has 1 heterocycles. The van der Waals surface area contributed by atoms with Gasteiger partial charge < -0.3 is 20.3 Å². The highest BCUT2D eigenvalue weighted by atomic mass is 19.4. The minimum atomic E-state index is -4.21. The van der Waals surface area contributed by atoms with Crippen LogP contribution in [0.25, 0.3) is 0 Å². The van der Waals surface area contributed by atoms with Gasteiger partial charge in [0.05, 0.1) is 0 Å². The molecule has 0 atom stereocenters. The molecule has 1 rings (SSSR count). The zero-order chi connectivity index (χ0) is 14.8. The number of hydrogen-bond donors (Lipinski definition) is 1. The van der Waals surface area contributed by atoms with Crippen molar-refractivity contribution in [3.8, 4) is 0 Å². The fraction of sp³-hybridized carbons (Fsp3) is 1.00. The van der Waals surface area contributed by atoms with E-state index in [4.69, 9.17) is 5.73 Å². The summed E-state index contributed by atoms with van der Waals surface area (Å²) in [5.74, 6) is 0. The average molecular weight is 297 g/mol. The summed E-state index contributed by atoms with van der Waals surface area (Å²) < 4.78 is 40.2. The molecule has 0 aromatic carbocycles.